The molecular formula is C26H28ClN5O3. The molecule has 182 valence electrons. The first-order valence-corrected chi connectivity index (χ1v) is 12.0. The van der Waals surface area contributed by atoms with Crippen LogP contribution in [-0.2, 0) is 6.42 Å². The largest absolute Gasteiger partial charge is 0.354 e. The standard InChI is InChI=1S/C26H28ClN5O3/c1-17-5-7-20(8-6-17)15-23-18(2)28-19(3)29-25(23)30-11-4-12-31(14-13-30)26(33)22-10-9-21(32(34)35)16-24(22)27/h5-10,16H,4,11-15H2,1-3H3. The highest BCUT2D eigenvalue weighted by atomic mass is 35.5. The van der Waals surface area contributed by atoms with Gasteiger partial charge in [0, 0.05) is 56.0 Å². The van der Waals surface area contributed by atoms with Crippen molar-refractivity contribution in [3.8, 4) is 0 Å². The van der Waals surface area contributed by atoms with Gasteiger partial charge in [0.1, 0.15) is 11.6 Å². The van der Waals surface area contributed by atoms with Gasteiger partial charge in [0.2, 0.25) is 0 Å². The predicted molar refractivity (Wildman–Crippen MR) is 136 cm³/mol. The number of carbonyl (C=O) groups excluding carboxylic acids is 1. The highest BCUT2D eigenvalue weighted by Gasteiger charge is 2.25. The van der Waals surface area contributed by atoms with E-state index < -0.39 is 4.92 Å². The van der Waals surface area contributed by atoms with Gasteiger partial charge < -0.3 is 9.80 Å². The summed E-state index contributed by atoms with van der Waals surface area (Å²) in [5.41, 5.74) is 4.62. The summed E-state index contributed by atoms with van der Waals surface area (Å²) in [6, 6.07) is 12.5. The number of hydrogen-bond donors (Lipinski definition) is 0. The van der Waals surface area contributed by atoms with E-state index in [2.05, 4.69) is 41.1 Å². The third-order valence-corrected chi connectivity index (χ3v) is 6.59. The second kappa shape index (κ2) is 10.4. The van der Waals surface area contributed by atoms with Gasteiger partial charge in [-0.2, -0.15) is 0 Å². The number of halogens is 1. The molecule has 0 saturated carbocycles. The lowest BCUT2D eigenvalue weighted by Crippen LogP contribution is -2.36. The maximum absolute atomic E-state index is 13.2. The Morgan fingerprint density at radius 3 is 2.46 bits per heavy atom. The van der Waals surface area contributed by atoms with E-state index in [9.17, 15) is 14.9 Å². The first-order valence-electron chi connectivity index (χ1n) is 11.6. The summed E-state index contributed by atoms with van der Waals surface area (Å²) >= 11 is 6.22. The highest BCUT2D eigenvalue weighted by molar-refractivity contribution is 6.34. The Hall–Kier alpha value is -3.52. The molecule has 4 rings (SSSR count). The van der Waals surface area contributed by atoms with E-state index in [4.69, 9.17) is 16.6 Å². The zero-order valence-electron chi connectivity index (χ0n) is 20.1. The van der Waals surface area contributed by atoms with Crippen LogP contribution in [0.1, 0.15) is 45.0 Å². The van der Waals surface area contributed by atoms with Gasteiger partial charge in [-0.3, -0.25) is 14.9 Å². The van der Waals surface area contributed by atoms with Crippen molar-refractivity contribution in [3.63, 3.8) is 0 Å². The van der Waals surface area contributed by atoms with Gasteiger partial charge in [-0.05, 0) is 38.8 Å². The summed E-state index contributed by atoms with van der Waals surface area (Å²) in [7, 11) is 0. The maximum Gasteiger partial charge on any atom is 0.270 e. The van der Waals surface area contributed by atoms with Crippen LogP contribution in [0.2, 0.25) is 5.02 Å². The second-order valence-electron chi connectivity index (χ2n) is 8.87. The molecule has 1 fully saturated rings. The SMILES string of the molecule is Cc1ccc(Cc2c(C)nc(C)nc2N2CCCN(C(=O)c3ccc([N+](=O)[O-])cc3Cl)CC2)cc1. The van der Waals surface area contributed by atoms with Gasteiger partial charge in [-0.15, -0.1) is 0 Å². The monoisotopic (exact) mass is 493 g/mol. The summed E-state index contributed by atoms with van der Waals surface area (Å²) < 4.78 is 0. The lowest BCUT2D eigenvalue weighted by molar-refractivity contribution is -0.384. The van der Waals surface area contributed by atoms with E-state index >= 15 is 0 Å². The molecule has 35 heavy (non-hydrogen) atoms. The van der Waals surface area contributed by atoms with Crippen molar-refractivity contribution in [2.45, 2.75) is 33.6 Å². The van der Waals surface area contributed by atoms with Gasteiger partial charge in [0.05, 0.1) is 15.5 Å². The first-order chi connectivity index (χ1) is 16.7. The van der Waals surface area contributed by atoms with E-state index in [1.807, 2.05) is 13.8 Å². The molecule has 8 nitrogen and oxygen atoms in total. The van der Waals surface area contributed by atoms with Crippen LogP contribution in [0.5, 0.6) is 0 Å². The van der Waals surface area contributed by atoms with E-state index in [1.165, 1.54) is 29.3 Å². The highest BCUT2D eigenvalue weighted by Crippen LogP contribution is 2.27. The molecule has 0 atom stereocenters. The molecule has 2 heterocycles. The van der Waals surface area contributed by atoms with Gasteiger partial charge in [-0.1, -0.05) is 41.4 Å². The average molecular weight is 494 g/mol. The van der Waals surface area contributed by atoms with Crippen LogP contribution in [0.3, 0.4) is 0 Å². The van der Waals surface area contributed by atoms with E-state index in [-0.39, 0.29) is 22.2 Å². The molecule has 0 spiro atoms. The van der Waals surface area contributed by atoms with Crippen molar-refractivity contribution >= 4 is 29.0 Å². The number of carbonyl (C=O) groups is 1. The summed E-state index contributed by atoms with van der Waals surface area (Å²) in [5, 5.41) is 11.1. The van der Waals surface area contributed by atoms with Crippen molar-refractivity contribution in [3.05, 3.63) is 91.4 Å². The third-order valence-electron chi connectivity index (χ3n) is 6.28. The second-order valence-corrected chi connectivity index (χ2v) is 9.28. The minimum Gasteiger partial charge on any atom is -0.354 e. The third kappa shape index (κ3) is 5.59. The fourth-order valence-electron chi connectivity index (χ4n) is 4.39. The Morgan fingerprint density at radius 2 is 1.77 bits per heavy atom. The van der Waals surface area contributed by atoms with Crippen LogP contribution < -0.4 is 4.90 Å². The van der Waals surface area contributed by atoms with Crippen LogP contribution >= 0.6 is 11.6 Å². The van der Waals surface area contributed by atoms with Crippen molar-refractivity contribution in [2.24, 2.45) is 0 Å². The van der Waals surface area contributed by atoms with Crippen molar-refractivity contribution in [1.82, 2.24) is 14.9 Å². The van der Waals surface area contributed by atoms with Crippen LogP contribution in [-0.4, -0.2) is 51.9 Å². The minimum absolute atomic E-state index is 0.0905. The topological polar surface area (TPSA) is 92.5 Å². The van der Waals surface area contributed by atoms with Gasteiger partial charge in [0.15, 0.2) is 0 Å². The molecule has 1 aromatic heterocycles. The zero-order chi connectivity index (χ0) is 25.1. The number of aryl methyl sites for hydroxylation is 3. The number of nitro benzene ring substituents is 1. The molecule has 1 saturated heterocycles. The number of anilines is 1. The Kier molecular flexibility index (Phi) is 7.31. The van der Waals surface area contributed by atoms with E-state index in [1.54, 1.807) is 4.90 Å². The van der Waals surface area contributed by atoms with Gasteiger partial charge in [0.25, 0.3) is 11.6 Å². The quantitative estimate of drug-likeness (QED) is 0.370. The number of hydrogen-bond acceptors (Lipinski definition) is 6. The Bertz CT molecular complexity index is 1260. The molecule has 1 amide bonds. The Balaban J connectivity index is 1.55. The lowest BCUT2D eigenvalue weighted by atomic mass is 10.0. The van der Waals surface area contributed by atoms with Crippen molar-refractivity contribution in [2.75, 3.05) is 31.1 Å². The first kappa shape index (κ1) is 24.6. The fourth-order valence-corrected chi connectivity index (χ4v) is 4.65. The number of benzene rings is 2. The van der Waals surface area contributed by atoms with Gasteiger partial charge >= 0.3 is 0 Å². The number of non-ortho nitro benzene ring substituents is 1. The number of nitro groups is 1. The normalized spacial score (nSPS) is 14.1. The molecule has 0 radical (unpaired) electrons. The Labute approximate surface area is 209 Å². The zero-order valence-corrected chi connectivity index (χ0v) is 20.9. The van der Waals surface area contributed by atoms with Crippen LogP contribution in [0.4, 0.5) is 11.5 Å². The van der Waals surface area contributed by atoms with E-state index in [0.717, 1.165) is 42.3 Å². The summed E-state index contributed by atoms with van der Waals surface area (Å²) in [4.78, 5) is 37.0. The molecule has 9 heteroatoms. The number of aromatic nitrogens is 2. The molecule has 1 aliphatic rings. The fraction of sp³-hybridized carbons (Fsp3) is 0.346. The minimum atomic E-state index is -0.524. The number of rotatable bonds is 5. The van der Waals surface area contributed by atoms with Gasteiger partial charge in [-0.25, -0.2) is 9.97 Å². The van der Waals surface area contributed by atoms with E-state index in [0.29, 0.717) is 19.6 Å². The Morgan fingerprint density at radius 1 is 1.03 bits per heavy atom. The molecule has 0 N–H and O–H groups in total. The van der Waals surface area contributed by atoms with Crippen LogP contribution in [0.25, 0.3) is 0 Å². The smallest absolute Gasteiger partial charge is 0.270 e. The summed E-state index contributed by atoms with van der Waals surface area (Å²) in [6.07, 6.45) is 1.50. The van der Waals surface area contributed by atoms with Crippen molar-refractivity contribution in [1.29, 1.82) is 0 Å². The molecule has 2 aromatic carbocycles. The molecule has 0 aliphatic carbocycles. The average Bonchev–Trinajstić information content (AvgIpc) is 3.07. The predicted octanol–water partition coefficient (Wildman–Crippen LogP) is 4.91. The van der Waals surface area contributed by atoms with Crippen LogP contribution in [0, 0.1) is 30.9 Å². The van der Waals surface area contributed by atoms with Crippen LogP contribution in [0.15, 0.2) is 42.5 Å². The molecule has 0 bridgehead atoms. The molecular weight excluding hydrogens is 466 g/mol. The molecule has 0 unspecified atom stereocenters. The number of amides is 1. The summed E-state index contributed by atoms with van der Waals surface area (Å²) in [6.45, 7) is 8.44. The molecule has 3 aromatic rings. The summed E-state index contributed by atoms with van der Waals surface area (Å²) in [5.74, 6) is 1.42. The maximum atomic E-state index is 13.2. The lowest BCUT2D eigenvalue weighted by Gasteiger charge is -2.26. The van der Waals surface area contributed by atoms with Crippen molar-refractivity contribution < 1.29 is 9.72 Å². The number of nitrogens with zero attached hydrogens (tertiary/aromatic N) is 5. The molecule has 1 aliphatic heterocycles.